The SMILES string of the molecule is Cc1ccc(NC(=O)C[S@](=O)CC(=O)N(c2ccccc2C(F)(F)F)[C@H](C)C(=O)NC2CCCC2)cc1. The van der Waals surface area contributed by atoms with Crippen LogP contribution in [0.4, 0.5) is 24.5 Å². The molecule has 0 saturated heterocycles. The normalized spacial score (nSPS) is 15.6. The van der Waals surface area contributed by atoms with Gasteiger partial charge in [-0.3, -0.25) is 23.5 Å². The summed E-state index contributed by atoms with van der Waals surface area (Å²) in [5.74, 6) is -3.41. The minimum absolute atomic E-state index is 0.107. The molecule has 0 aromatic heterocycles. The number of benzene rings is 2. The molecule has 200 valence electrons. The fraction of sp³-hybridized carbons (Fsp3) is 0.423. The number of aryl methyl sites for hydroxylation is 1. The zero-order valence-electron chi connectivity index (χ0n) is 20.6. The number of nitrogens with one attached hydrogen (secondary N) is 2. The standard InChI is InChI=1S/C26H30F3N3O4S/c1-17-11-13-20(14-12-17)30-23(33)15-37(36)16-24(34)32(18(2)25(35)31-19-7-3-4-8-19)22-10-6-5-9-21(22)26(27,28)29/h5-6,9-14,18-19H,3-4,7-8,15-16H2,1-2H3,(H,30,33)(H,31,35)/t18-,37+/m1/s1. The van der Waals surface area contributed by atoms with Crippen molar-refractivity contribution in [3.05, 3.63) is 59.7 Å². The number of amides is 3. The van der Waals surface area contributed by atoms with Crippen LogP contribution in [0.25, 0.3) is 0 Å². The Morgan fingerprint density at radius 2 is 1.65 bits per heavy atom. The van der Waals surface area contributed by atoms with E-state index < -0.39 is 63.5 Å². The molecule has 3 amide bonds. The Morgan fingerprint density at radius 1 is 1.03 bits per heavy atom. The molecule has 37 heavy (non-hydrogen) atoms. The molecule has 0 aliphatic heterocycles. The number of carbonyl (C=O) groups is 3. The van der Waals surface area contributed by atoms with Gasteiger partial charge in [-0.2, -0.15) is 13.2 Å². The van der Waals surface area contributed by atoms with Crippen molar-refractivity contribution in [3.8, 4) is 0 Å². The van der Waals surface area contributed by atoms with Gasteiger partial charge in [0, 0.05) is 22.5 Å². The molecule has 0 bridgehead atoms. The second kappa shape index (κ2) is 12.4. The van der Waals surface area contributed by atoms with E-state index in [2.05, 4.69) is 10.6 Å². The van der Waals surface area contributed by atoms with Crippen molar-refractivity contribution in [3.63, 3.8) is 0 Å². The van der Waals surface area contributed by atoms with Gasteiger partial charge >= 0.3 is 6.18 Å². The van der Waals surface area contributed by atoms with Crippen LogP contribution >= 0.6 is 0 Å². The number of hydrogen-bond acceptors (Lipinski definition) is 4. The topological polar surface area (TPSA) is 95.6 Å². The summed E-state index contributed by atoms with van der Waals surface area (Å²) in [6.45, 7) is 3.21. The fourth-order valence-electron chi connectivity index (χ4n) is 4.23. The minimum Gasteiger partial charge on any atom is -0.352 e. The molecule has 0 heterocycles. The molecule has 2 atom stereocenters. The second-order valence-corrected chi connectivity index (χ2v) is 10.5. The van der Waals surface area contributed by atoms with E-state index in [1.807, 2.05) is 6.92 Å². The highest BCUT2D eigenvalue weighted by atomic mass is 32.2. The van der Waals surface area contributed by atoms with Crippen LogP contribution in [0.2, 0.25) is 0 Å². The van der Waals surface area contributed by atoms with Crippen LogP contribution in [-0.2, 0) is 31.4 Å². The maximum absolute atomic E-state index is 13.8. The zero-order valence-corrected chi connectivity index (χ0v) is 21.5. The minimum atomic E-state index is -4.79. The lowest BCUT2D eigenvalue weighted by Crippen LogP contribution is -2.52. The molecule has 0 spiro atoms. The summed E-state index contributed by atoms with van der Waals surface area (Å²) >= 11 is 0. The predicted octanol–water partition coefficient (Wildman–Crippen LogP) is 4.18. The number of para-hydroxylation sites is 1. The van der Waals surface area contributed by atoms with Crippen LogP contribution in [0.1, 0.15) is 43.7 Å². The van der Waals surface area contributed by atoms with E-state index in [1.165, 1.54) is 19.1 Å². The highest BCUT2D eigenvalue weighted by molar-refractivity contribution is 7.86. The first-order valence-electron chi connectivity index (χ1n) is 12.0. The average Bonchev–Trinajstić information content (AvgIpc) is 3.33. The van der Waals surface area contributed by atoms with Crippen LogP contribution in [0, 0.1) is 6.92 Å². The summed E-state index contributed by atoms with van der Waals surface area (Å²) in [6, 6.07) is 9.94. The summed E-state index contributed by atoms with van der Waals surface area (Å²) in [5.41, 5.74) is -0.128. The number of anilines is 2. The van der Waals surface area contributed by atoms with Crippen LogP contribution in [-0.4, -0.2) is 45.5 Å². The Labute approximate surface area is 216 Å². The van der Waals surface area contributed by atoms with Gasteiger partial charge in [-0.1, -0.05) is 42.7 Å². The zero-order chi connectivity index (χ0) is 27.2. The third-order valence-electron chi connectivity index (χ3n) is 6.12. The molecule has 1 aliphatic rings. The van der Waals surface area contributed by atoms with Gasteiger partial charge in [-0.25, -0.2) is 0 Å². The number of alkyl halides is 3. The average molecular weight is 538 g/mol. The Kier molecular flexibility index (Phi) is 9.47. The molecule has 2 aromatic carbocycles. The summed E-state index contributed by atoms with van der Waals surface area (Å²) in [5, 5.41) is 5.38. The lowest BCUT2D eigenvalue weighted by Gasteiger charge is -2.31. The molecule has 3 rings (SSSR count). The number of nitrogens with zero attached hydrogens (tertiary/aromatic N) is 1. The summed E-state index contributed by atoms with van der Waals surface area (Å²) in [7, 11) is -2.03. The van der Waals surface area contributed by atoms with Gasteiger partial charge in [0.05, 0.1) is 11.3 Å². The summed E-state index contributed by atoms with van der Waals surface area (Å²) in [4.78, 5) is 39.2. The van der Waals surface area contributed by atoms with Crippen molar-refractivity contribution >= 4 is 39.9 Å². The molecule has 1 aliphatic carbocycles. The monoisotopic (exact) mass is 537 g/mol. The Morgan fingerprint density at radius 3 is 2.27 bits per heavy atom. The van der Waals surface area contributed by atoms with Crippen LogP contribution in [0.3, 0.4) is 0 Å². The van der Waals surface area contributed by atoms with Gasteiger partial charge < -0.3 is 10.6 Å². The highest BCUT2D eigenvalue weighted by Crippen LogP contribution is 2.37. The fourth-order valence-corrected chi connectivity index (χ4v) is 5.11. The van der Waals surface area contributed by atoms with Crippen LogP contribution in [0.5, 0.6) is 0 Å². The largest absolute Gasteiger partial charge is 0.418 e. The van der Waals surface area contributed by atoms with Crippen molar-refractivity contribution in [1.82, 2.24) is 5.32 Å². The van der Waals surface area contributed by atoms with Gasteiger partial charge in [0.15, 0.2) is 0 Å². The summed E-state index contributed by atoms with van der Waals surface area (Å²) < 4.78 is 54.0. The first kappa shape index (κ1) is 28.4. The van der Waals surface area contributed by atoms with E-state index in [9.17, 15) is 31.8 Å². The van der Waals surface area contributed by atoms with Crippen LogP contribution < -0.4 is 15.5 Å². The molecule has 1 saturated carbocycles. The molecule has 0 unspecified atom stereocenters. The number of halogens is 3. The van der Waals surface area contributed by atoms with Gasteiger partial charge in [0.2, 0.25) is 17.7 Å². The third kappa shape index (κ3) is 7.88. The van der Waals surface area contributed by atoms with Gasteiger partial charge in [-0.05, 0) is 51.0 Å². The Hall–Kier alpha value is -3.21. The molecule has 0 radical (unpaired) electrons. The van der Waals surface area contributed by atoms with Gasteiger partial charge in [-0.15, -0.1) is 0 Å². The van der Waals surface area contributed by atoms with E-state index in [-0.39, 0.29) is 6.04 Å². The smallest absolute Gasteiger partial charge is 0.352 e. The maximum Gasteiger partial charge on any atom is 0.418 e. The molecular formula is C26H30F3N3O4S. The molecule has 2 N–H and O–H groups in total. The third-order valence-corrected chi connectivity index (χ3v) is 7.27. The van der Waals surface area contributed by atoms with Crippen molar-refractivity contribution in [1.29, 1.82) is 0 Å². The second-order valence-electron chi connectivity index (χ2n) is 9.09. The first-order valence-corrected chi connectivity index (χ1v) is 13.4. The van der Waals surface area contributed by atoms with Crippen LogP contribution in [0.15, 0.2) is 48.5 Å². The number of carbonyl (C=O) groups excluding carboxylic acids is 3. The highest BCUT2D eigenvalue weighted by Gasteiger charge is 2.39. The number of rotatable bonds is 9. The van der Waals surface area contributed by atoms with E-state index in [0.717, 1.165) is 48.3 Å². The van der Waals surface area contributed by atoms with E-state index >= 15 is 0 Å². The van der Waals surface area contributed by atoms with E-state index in [1.54, 1.807) is 24.3 Å². The lowest BCUT2D eigenvalue weighted by molar-refractivity contribution is -0.137. The number of hydrogen-bond donors (Lipinski definition) is 2. The van der Waals surface area contributed by atoms with Crippen molar-refractivity contribution in [2.75, 3.05) is 21.7 Å². The van der Waals surface area contributed by atoms with E-state index in [4.69, 9.17) is 0 Å². The lowest BCUT2D eigenvalue weighted by atomic mass is 10.1. The van der Waals surface area contributed by atoms with Gasteiger partial charge in [0.25, 0.3) is 0 Å². The van der Waals surface area contributed by atoms with Crippen molar-refractivity contribution < 1.29 is 31.8 Å². The molecule has 2 aromatic rings. The Bertz CT molecular complexity index is 1150. The Balaban J connectivity index is 1.78. The van der Waals surface area contributed by atoms with Crippen molar-refractivity contribution in [2.45, 2.75) is 57.8 Å². The molecule has 7 nitrogen and oxygen atoms in total. The summed E-state index contributed by atoms with van der Waals surface area (Å²) in [6.07, 6.45) is -1.41. The molecule has 1 fully saturated rings. The quantitative estimate of drug-likeness (QED) is 0.502. The van der Waals surface area contributed by atoms with E-state index in [0.29, 0.717) is 5.69 Å². The maximum atomic E-state index is 13.8. The molecular weight excluding hydrogens is 507 g/mol. The van der Waals surface area contributed by atoms with Crippen molar-refractivity contribution in [2.24, 2.45) is 0 Å². The van der Waals surface area contributed by atoms with Gasteiger partial charge in [0.1, 0.15) is 17.5 Å². The predicted molar refractivity (Wildman–Crippen MR) is 136 cm³/mol. The first-order chi connectivity index (χ1) is 17.5. The molecule has 11 heteroatoms.